The van der Waals surface area contributed by atoms with Gasteiger partial charge in [-0.15, -0.1) is 11.3 Å². The first-order valence-electron chi connectivity index (χ1n) is 11.6. The Morgan fingerprint density at radius 2 is 1.89 bits per heavy atom. The summed E-state index contributed by atoms with van der Waals surface area (Å²) in [6.45, 7) is 2.43. The van der Waals surface area contributed by atoms with Crippen LogP contribution < -0.4 is 14.8 Å². The van der Waals surface area contributed by atoms with E-state index in [4.69, 9.17) is 21.7 Å². The van der Waals surface area contributed by atoms with Gasteiger partial charge in [-0.2, -0.15) is 0 Å². The van der Waals surface area contributed by atoms with Crippen LogP contribution in [0.4, 0.5) is 5.13 Å². The van der Waals surface area contributed by atoms with Crippen LogP contribution in [-0.2, 0) is 16.0 Å². The molecule has 0 unspecified atom stereocenters. The van der Waals surface area contributed by atoms with E-state index < -0.39 is 0 Å². The molecule has 0 atom stereocenters. The number of carbonyl (C=O) groups excluding carboxylic acids is 2. The first-order chi connectivity index (χ1) is 17.9. The molecule has 2 amide bonds. The zero-order valence-electron chi connectivity index (χ0n) is 20.8. The summed E-state index contributed by atoms with van der Waals surface area (Å²) in [6.07, 6.45) is 5.11. The van der Waals surface area contributed by atoms with Crippen LogP contribution in [0.1, 0.15) is 34.4 Å². The minimum atomic E-state index is -0.161. The molecule has 0 aliphatic carbocycles. The Morgan fingerprint density at radius 1 is 1.14 bits per heavy atom. The second kappa shape index (κ2) is 12.4. The normalized spacial score (nSPS) is 14.4. The van der Waals surface area contributed by atoms with Crippen molar-refractivity contribution in [1.29, 1.82) is 0 Å². The largest absolute Gasteiger partial charge is 0.493 e. The predicted molar refractivity (Wildman–Crippen MR) is 153 cm³/mol. The average molecular weight is 554 g/mol. The van der Waals surface area contributed by atoms with E-state index in [-0.39, 0.29) is 18.2 Å². The van der Waals surface area contributed by atoms with E-state index in [0.29, 0.717) is 38.8 Å². The molecule has 192 valence electrons. The smallest absolute Gasteiger partial charge is 0.266 e. The van der Waals surface area contributed by atoms with Gasteiger partial charge in [0.05, 0.1) is 19.1 Å². The molecule has 10 heteroatoms. The van der Waals surface area contributed by atoms with Crippen molar-refractivity contribution in [2.75, 3.05) is 26.1 Å². The van der Waals surface area contributed by atoms with E-state index in [2.05, 4.69) is 41.5 Å². The van der Waals surface area contributed by atoms with E-state index >= 15 is 0 Å². The molecule has 2 heterocycles. The first kappa shape index (κ1) is 26.8. The lowest BCUT2D eigenvalue weighted by molar-refractivity contribution is -0.122. The van der Waals surface area contributed by atoms with Crippen molar-refractivity contribution in [2.24, 2.45) is 0 Å². The lowest BCUT2D eigenvalue weighted by Gasteiger charge is -2.13. The minimum Gasteiger partial charge on any atom is -0.493 e. The lowest BCUT2D eigenvalue weighted by Crippen LogP contribution is -2.29. The highest BCUT2D eigenvalue weighted by Gasteiger charge is 2.31. The SMILES string of the molecule is COc1ccc(C=C2SC(=S)N(CCCC(=O)Nc3ncc(Cc4ccc(C)cc4)s3)C2=O)cc1OC. The van der Waals surface area contributed by atoms with Gasteiger partial charge in [-0.25, -0.2) is 4.98 Å². The van der Waals surface area contributed by atoms with Crippen LogP contribution in [0.15, 0.2) is 53.6 Å². The second-order valence-corrected chi connectivity index (χ2v) is 11.2. The maximum atomic E-state index is 12.9. The Morgan fingerprint density at radius 3 is 2.62 bits per heavy atom. The maximum absolute atomic E-state index is 12.9. The zero-order valence-corrected chi connectivity index (χ0v) is 23.2. The third kappa shape index (κ3) is 6.97. The summed E-state index contributed by atoms with van der Waals surface area (Å²) in [5, 5.41) is 3.44. The van der Waals surface area contributed by atoms with Crippen LogP contribution in [0, 0.1) is 6.92 Å². The van der Waals surface area contributed by atoms with Gasteiger partial charge in [0, 0.05) is 30.5 Å². The molecule has 1 N–H and O–H groups in total. The highest BCUT2D eigenvalue weighted by molar-refractivity contribution is 8.26. The molecule has 1 aliphatic rings. The molecule has 37 heavy (non-hydrogen) atoms. The number of nitrogens with zero attached hydrogens (tertiary/aromatic N) is 2. The highest BCUT2D eigenvalue weighted by Crippen LogP contribution is 2.35. The van der Waals surface area contributed by atoms with Crippen molar-refractivity contribution >= 4 is 62.7 Å². The van der Waals surface area contributed by atoms with Crippen LogP contribution in [0.2, 0.25) is 0 Å². The Bertz CT molecular complexity index is 1330. The van der Waals surface area contributed by atoms with Gasteiger partial charge in [0.25, 0.3) is 5.91 Å². The van der Waals surface area contributed by atoms with Gasteiger partial charge in [-0.05, 0) is 42.7 Å². The summed E-state index contributed by atoms with van der Waals surface area (Å²) in [7, 11) is 3.14. The van der Waals surface area contributed by atoms with E-state index in [1.54, 1.807) is 43.5 Å². The number of ether oxygens (including phenoxy) is 2. The Balaban J connectivity index is 1.27. The van der Waals surface area contributed by atoms with Crippen LogP contribution in [0.5, 0.6) is 11.5 Å². The maximum Gasteiger partial charge on any atom is 0.266 e. The number of amides is 2. The van der Waals surface area contributed by atoms with Gasteiger partial charge in [0.2, 0.25) is 5.91 Å². The molecule has 0 radical (unpaired) electrons. The average Bonchev–Trinajstić information content (AvgIpc) is 3.43. The van der Waals surface area contributed by atoms with Crippen LogP contribution in [-0.4, -0.2) is 46.8 Å². The number of rotatable bonds is 10. The monoisotopic (exact) mass is 553 g/mol. The van der Waals surface area contributed by atoms with Crippen molar-refractivity contribution < 1.29 is 19.1 Å². The van der Waals surface area contributed by atoms with Gasteiger partial charge in [0.1, 0.15) is 4.32 Å². The zero-order chi connectivity index (χ0) is 26.4. The number of aryl methyl sites for hydroxylation is 1. The fraction of sp³-hybridized carbons (Fsp3) is 0.259. The number of thiazole rings is 1. The van der Waals surface area contributed by atoms with Gasteiger partial charge < -0.3 is 14.8 Å². The van der Waals surface area contributed by atoms with Crippen LogP contribution >= 0.6 is 35.3 Å². The van der Waals surface area contributed by atoms with Gasteiger partial charge in [-0.3, -0.25) is 14.5 Å². The van der Waals surface area contributed by atoms with Crippen molar-refractivity contribution in [2.45, 2.75) is 26.2 Å². The molecule has 1 fully saturated rings. The standard InChI is InChI=1S/C27H27N3O4S3/c1-17-6-8-18(9-7-17)13-20-16-28-26(36-20)29-24(31)5-4-12-30-25(32)23(37-27(30)35)15-19-10-11-21(33-2)22(14-19)34-3/h6-11,14-16H,4-5,12-13H2,1-3H3,(H,28,29,31). The molecular weight excluding hydrogens is 527 g/mol. The molecule has 0 bridgehead atoms. The molecule has 0 spiro atoms. The fourth-order valence-corrected chi connectivity index (χ4v) is 5.89. The third-order valence-corrected chi connectivity index (χ3v) is 7.95. The van der Waals surface area contributed by atoms with Gasteiger partial charge in [-0.1, -0.05) is 59.9 Å². The van der Waals surface area contributed by atoms with E-state index in [0.717, 1.165) is 16.9 Å². The second-order valence-electron chi connectivity index (χ2n) is 8.39. The number of thioether (sulfide) groups is 1. The molecule has 7 nitrogen and oxygen atoms in total. The van der Waals surface area contributed by atoms with E-state index in [1.165, 1.54) is 34.2 Å². The number of hydrogen-bond donors (Lipinski definition) is 1. The van der Waals surface area contributed by atoms with Crippen molar-refractivity contribution in [3.05, 3.63) is 75.1 Å². The first-order valence-corrected chi connectivity index (χ1v) is 13.7. The molecule has 1 aromatic heterocycles. The Kier molecular flexibility index (Phi) is 8.96. The summed E-state index contributed by atoms with van der Waals surface area (Å²) in [4.78, 5) is 32.9. The van der Waals surface area contributed by atoms with E-state index in [1.807, 2.05) is 6.07 Å². The molecule has 3 aromatic rings. The Hall–Kier alpha value is -3.21. The topological polar surface area (TPSA) is 80.8 Å². The summed E-state index contributed by atoms with van der Waals surface area (Å²) in [6, 6.07) is 13.8. The number of carbonyl (C=O) groups is 2. The number of benzene rings is 2. The molecule has 2 aromatic carbocycles. The number of nitrogens with one attached hydrogen (secondary N) is 1. The summed E-state index contributed by atoms with van der Waals surface area (Å²) >= 11 is 8.14. The molecule has 0 saturated carbocycles. The van der Waals surface area contributed by atoms with Gasteiger partial charge >= 0.3 is 0 Å². The van der Waals surface area contributed by atoms with E-state index in [9.17, 15) is 9.59 Å². The number of anilines is 1. The predicted octanol–water partition coefficient (Wildman–Crippen LogP) is 5.68. The molecular formula is C27H27N3O4S3. The number of thiocarbonyl (C=S) groups is 1. The number of hydrogen-bond acceptors (Lipinski definition) is 8. The molecule has 4 rings (SSSR count). The van der Waals surface area contributed by atoms with Crippen molar-refractivity contribution in [3.8, 4) is 11.5 Å². The van der Waals surface area contributed by atoms with Crippen molar-refractivity contribution in [3.63, 3.8) is 0 Å². The quantitative estimate of drug-likeness (QED) is 0.256. The lowest BCUT2D eigenvalue weighted by atomic mass is 10.1. The summed E-state index contributed by atoms with van der Waals surface area (Å²) < 4.78 is 11.1. The minimum absolute atomic E-state index is 0.137. The summed E-state index contributed by atoms with van der Waals surface area (Å²) in [5.41, 5.74) is 3.24. The highest BCUT2D eigenvalue weighted by atomic mass is 32.2. The molecule has 1 saturated heterocycles. The summed E-state index contributed by atoms with van der Waals surface area (Å²) in [5.74, 6) is 0.902. The number of methoxy groups -OCH3 is 2. The van der Waals surface area contributed by atoms with Crippen molar-refractivity contribution in [1.82, 2.24) is 9.88 Å². The Labute approximate surface area is 229 Å². The molecule has 1 aliphatic heterocycles. The third-order valence-electron chi connectivity index (χ3n) is 5.66. The van der Waals surface area contributed by atoms with Crippen LogP contribution in [0.25, 0.3) is 6.08 Å². The van der Waals surface area contributed by atoms with Gasteiger partial charge in [0.15, 0.2) is 16.6 Å². The fourth-order valence-electron chi connectivity index (χ4n) is 3.72. The number of aromatic nitrogens is 1. The van der Waals surface area contributed by atoms with Crippen LogP contribution in [0.3, 0.4) is 0 Å².